The van der Waals surface area contributed by atoms with E-state index >= 15 is 0 Å². The van der Waals surface area contributed by atoms with Crippen molar-refractivity contribution in [2.24, 2.45) is 0 Å². The number of nitrogens with one attached hydrogen (secondary N) is 1. The van der Waals surface area contributed by atoms with Gasteiger partial charge in [-0.25, -0.2) is 0 Å². The number of hydrogen-bond acceptors (Lipinski definition) is 5. The predicted octanol–water partition coefficient (Wildman–Crippen LogP) is 3.52. The van der Waals surface area contributed by atoms with Crippen LogP contribution >= 0.6 is 23.4 Å². The number of amides is 2. The maximum atomic E-state index is 13.0. The van der Waals surface area contributed by atoms with E-state index in [1.165, 1.54) is 34.9 Å². The number of carbonyl (C=O) groups excluding carboxylic acids is 2. The molecule has 1 fully saturated rings. The van der Waals surface area contributed by atoms with Gasteiger partial charge in [0.15, 0.2) is 0 Å². The van der Waals surface area contributed by atoms with Gasteiger partial charge >= 0.3 is 0 Å². The lowest BCUT2D eigenvalue weighted by atomic mass is 10.0. The molecule has 4 rings (SSSR count). The summed E-state index contributed by atoms with van der Waals surface area (Å²) >= 11 is 7.11. The highest BCUT2D eigenvalue weighted by Gasteiger charge is 2.61. The van der Waals surface area contributed by atoms with E-state index < -0.39 is 21.0 Å². The molecule has 2 amide bonds. The maximum Gasteiger partial charge on any atom is 0.269 e. The lowest BCUT2D eigenvalue weighted by Gasteiger charge is -2.32. The Morgan fingerprint density at radius 3 is 2.58 bits per heavy atom. The second kappa shape index (κ2) is 5.72. The van der Waals surface area contributed by atoms with Gasteiger partial charge in [-0.1, -0.05) is 11.6 Å². The molecule has 0 bridgehead atoms. The highest BCUT2D eigenvalue weighted by Crippen LogP contribution is 2.56. The summed E-state index contributed by atoms with van der Waals surface area (Å²) in [6, 6.07) is 10.8. The van der Waals surface area contributed by atoms with Gasteiger partial charge in [-0.05, 0) is 37.3 Å². The zero-order valence-electron chi connectivity index (χ0n) is 13.4. The van der Waals surface area contributed by atoms with Crippen LogP contribution in [0.1, 0.15) is 12.5 Å². The molecular weight excluding hydrogens is 378 g/mol. The van der Waals surface area contributed by atoms with Crippen LogP contribution in [0.25, 0.3) is 0 Å². The summed E-state index contributed by atoms with van der Waals surface area (Å²) in [5.74, 6) is -0.641. The summed E-state index contributed by atoms with van der Waals surface area (Å²) in [6.45, 7) is 1.72. The van der Waals surface area contributed by atoms with Gasteiger partial charge in [-0.2, -0.15) is 0 Å². The summed E-state index contributed by atoms with van der Waals surface area (Å²) in [7, 11) is 0. The molecule has 0 saturated carbocycles. The molecule has 0 aromatic heterocycles. The molecule has 2 aliphatic heterocycles. The second-order valence-corrected chi connectivity index (χ2v) is 7.97. The lowest BCUT2D eigenvalue weighted by Crippen LogP contribution is -2.47. The topological polar surface area (TPSA) is 92.5 Å². The van der Waals surface area contributed by atoms with Crippen LogP contribution in [0, 0.1) is 10.1 Å². The SMILES string of the molecule is C[C@H]1S[C@]2(C(=O)Nc3ccc([N+](=O)[O-])cc32)N(c2ccc(Cl)cc2)C1=O. The number of nitro benzene ring substituents is 1. The van der Waals surface area contributed by atoms with E-state index in [1.54, 1.807) is 31.2 Å². The van der Waals surface area contributed by atoms with Crippen molar-refractivity contribution in [2.75, 3.05) is 10.2 Å². The molecular formula is C17H12ClN3O4S. The highest BCUT2D eigenvalue weighted by molar-refractivity contribution is 8.03. The third-order valence-electron chi connectivity index (χ3n) is 4.45. The van der Waals surface area contributed by atoms with Crippen molar-refractivity contribution >= 4 is 52.2 Å². The zero-order valence-corrected chi connectivity index (χ0v) is 15.0. The largest absolute Gasteiger partial charge is 0.323 e. The smallest absolute Gasteiger partial charge is 0.269 e. The number of halogens is 1. The number of benzene rings is 2. The first-order valence-corrected chi connectivity index (χ1v) is 8.98. The van der Waals surface area contributed by atoms with Crippen LogP contribution in [0.2, 0.25) is 5.02 Å². The molecule has 2 heterocycles. The van der Waals surface area contributed by atoms with E-state index in [9.17, 15) is 19.7 Å². The normalized spacial score (nSPS) is 24.1. The van der Waals surface area contributed by atoms with Crippen molar-refractivity contribution in [2.45, 2.75) is 17.0 Å². The fourth-order valence-electron chi connectivity index (χ4n) is 3.30. The minimum atomic E-state index is -1.38. The number of non-ortho nitro benzene ring substituents is 1. The number of nitrogens with zero attached hydrogens (tertiary/aromatic N) is 2. The van der Waals surface area contributed by atoms with Crippen LogP contribution in [0.4, 0.5) is 17.1 Å². The first kappa shape index (κ1) is 16.9. The van der Waals surface area contributed by atoms with Crippen LogP contribution in [-0.2, 0) is 14.5 Å². The first-order valence-electron chi connectivity index (χ1n) is 7.72. The number of rotatable bonds is 2. The quantitative estimate of drug-likeness (QED) is 0.626. The Balaban J connectivity index is 1.95. The molecule has 2 aromatic carbocycles. The van der Waals surface area contributed by atoms with Crippen molar-refractivity contribution < 1.29 is 14.5 Å². The molecule has 2 aromatic rings. The molecule has 1 spiro atoms. The third kappa shape index (κ3) is 2.22. The van der Waals surface area contributed by atoms with E-state index in [0.717, 1.165) is 0 Å². The average Bonchev–Trinajstić information content (AvgIpc) is 3.03. The van der Waals surface area contributed by atoms with Crippen molar-refractivity contribution in [1.29, 1.82) is 0 Å². The summed E-state index contributed by atoms with van der Waals surface area (Å²) < 4.78 is 0. The first-order chi connectivity index (χ1) is 12.3. The van der Waals surface area contributed by atoms with Crippen LogP contribution in [-0.4, -0.2) is 22.0 Å². The van der Waals surface area contributed by atoms with Crippen molar-refractivity contribution in [3.63, 3.8) is 0 Å². The molecule has 132 valence electrons. The monoisotopic (exact) mass is 389 g/mol. The van der Waals surface area contributed by atoms with Gasteiger partial charge in [0.05, 0.1) is 10.2 Å². The van der Waals surface area contributed by atoms with Gasteiger partial charge in [0.25, 0.3) is 11.6 Å². The molecule has 26 heavy (non-hydrogen) atoms. The van der Waals surface area contributed by atoms with Crippen molar-refractivity contribution in [3.8, 4) is 0 Å². The number of anilines is 2. The van der Waals surface area contributed by atoms with Gasteiger partial charge < -0.3 is 5.32 Å². The Morgan fingerprint density at radius 1 is 1.23 bits per heavy atom. The number of nitro groups is 1. The van der Waals surface area contributed by atoms with Gasteiger partial charge in [-0.15, -0.1) is 11.8 Å². The summed E-state index contributed by atoms with van der Waals surface area (Å²) in [5, 5.41) is 14.0. The van der Waals surface area contributed by atoms with E-state index in [1.807, 2.05) is 0 Å². The highest BCUT2D eigenvalue weighted by atomic mass is 35.5. The van der Waals surface area contributed by atoms with E-state index in [4.69, 9.17) is 11.6 Å². The zero-order chi connectivity index (χ0) is 18.6. The van der Waals surface area contributed by atoms with Crippen molar-refractivity contribution in [3.05, 3.63) is 63.2 Å². The molecule has 1 saturated heterocycles. The molecule has 1 N–H and O–H groups in total. The Labute approximate surface area is 157 Å². The number of thioether (sulfide) groups is 1. The minimum Gasteiger partial charge on any atom is -0.323 e. The Bertz CT molecular complexity index is 965. The summed E-state index contributed by atoms with van der Waals surface area (Å²) in [5.41, 5.74) is 1.25. The third-order valence-corrected chi connectivity index (χ3v) is 6.19. The number of hydrogen-bond donors (Lipinski definition) is 1. The van der Waals surface area contributed by atoms with Crippen LogP contribution < -0.4 is 10.2 Å². The molecule has 2 aliphatic rings. The van der Waals surface area contributed by atoms with E-state index in [-0.39, 0.29) is 11.6 Å². The van der Waals surface area contributed by atoms with Gasteiger partial charge in [0, 0.05) is 34.1 Å². The summed E-state index contributed by atoms with van der Waals surface area (Å²) in [4.78, 5) is 36.5. The van der Waals surface area contributed by atoms with E-state index in [2.05, 4.69) is 5.32 Å². The molecule has 0 aliphatic carbocycles. The van der Waals surface area contributed by atoms with Crippen molar-refractivity contribution in [1.82, 2.24) is 0 Å². The second-order valence-electron chi connectivity index (χ2n) is 6.00. The molecule has 0 unspecified atom stereocenters. The lowest BCUT2D eigenvalue weighted by molar-refractivity contribution is -0.384. The Hall–Kier alpha value is -2.58. The van der Waals surface area contributed by atoms with Crippen LogP contribution in [0.3, 0.4) is 0 Å². The predicted molar refractivity (Wildman–Crippen MR) is 99.4 cm³/mol. The maximum absolute atomic E-state index is 13.0. The fraction of sp³-hybridized carbons (Fsp3) is 0.176. The Kier molecular flexibility index (Phi) is 3.71. The van der Waals surface area contributed by atoms with Crippen LogP contribution in [0.15, 0.2) is 42.5 Å². The number of carbonyl (C=O) groups is 2. The van der Waals surface area contributed by atoms with Gasteiger partial charge in [0.2, 0.25) is 10.8 Å². The fourth-order valence-corrected chi connectivity index (χ4v) is 4.90. The Morgan fingerprint density at radius 2 is 1.92 bits per heavy atom. The molecule has 0 radical (unpaired) electrons. The molecule has 2 atom stereocenters. The van der Waals surface area contributed by atoms with Gasteiger partial charge in [-0.3, -0.25) is 24.6 Å². The van der Waals surface area contributed by atoms with Gasteiger partial charge in [0.1, 0.15) is 0 Å². The molecule has 9 heteroatoms. The van der Waals surface area contributed by atoms with E-state index in [0.29, 0.717) is 22.0 Å². The number of fused-ring (bicyclic) bond motifs is 2. The average molecular weight is 390 g/mol. The minimum absolute atomic E-state index is 0.136. The molecule has 7 nitrogen and oxygen atoms in total. The van der Waals surface area contributed by atoms with Crippen LogP contribution in [0.5, 0.6) is 0 Å². The summed E-state index contributed by atoms with van der Waals surface area (Å²) in [6.07, 6.45) is 0. The standard InChI is InChI=1S/C17H12ClN3O4S/c1-9-15(22)20(11-4-2-10(18)3-5-11)17(26-9)13-8-12(21(24)25)6-7-14(13)19-16(17)23/h2-9H,1H3,(H,19,23)/t9-,17-/m1/s1.